The molecule has 0 aromatic carbocycles. The van der Waals surface area contributed by atoms with E-state index in [4.69, 9.17) is 0 Å². The number of unbranched alkanes of at least 4 members (excludes halogenated alkanes) is 16. The van der Waals surface area contributed by atoms with Crippen molar-refractivity contribution < 1.29 is 34.2 Å². The first-order chi connectivity index (χ1) is 21.0. The van der Waals surface area contributed by atoms with Gasteiger partial charge in [0.15, 0.2) is 0 Å². The minimum atomic E-state index is -1.07. The third-order valence-electron chi connectivity index (χ3n) is 9.51. The Morgan fingerprint density at radius 2 is 0.886 bits per heavy atom. The molecule has 0 heterocycles. The number of hydrogen-bond acceptors (Lipinski definition) is 4. The monoisotopic (exact) mass is 624 g/mol. The molecule has 0 saturated carbocycles. The van der Waals surface area contributed by atoms with E-state index in [1.54, 1.807) is 20.8 Å². The van der Waals surface area contributed by atoms with Crippen LogP contribution in [0.5, 0.6) is 0 Å². The molecule has 0 aliphatic rings. The Morgan fingerprint density at radius 1 is 0.545 bits per heavy atom. The van der Waals surface area contributed by atoms with E-state index >= 15 is 0 Å². The molecule has 258 valence electrons. The van der Waals surface area contributed by atoms with Crippen LogP contribution in [-0.4, -0.2) is 58.8 Å². The van der Waals surface area contributed by atoms with Crippen molar-refractivity contribution in [3.05, 3.63) is 12.2 Å². The molecule has 0 bridgehead atoms. The van der Waals surface area contributed by atoms with Gasteiger partial charge < -0.3 is 24.6 Å². The number of allylic oxidation sites excluding steroid dienone is 2. The lowest BCUT2D eigenvalue weighted by Gasteiger charge is -2.41. The molecule has 7 heteroatoms. The van der Waals surface area contributed by atoms with Crippen LogP contribution in [0.25, 0.3) is 0 Å². The summed E-state index contributed by atoms with van der Waals surface area (Å²) in [7, 11) is 0. The van der Waals surface area contributed by atoms with Gasteiger partial charge in [0.25, 0.3) is 0 Å². The van der Waals surface area contributed by atoms with E-state index in [9.17, 15) is 29.7 Å². The molecule has 2 N–H and O–H groups in total. The number of carboxylic acids is 3. The molecular weight excluding hydrogens is 554 g/mol. The average Bonchev–Trinajstić information content (AvgIpc) is 2.99. The summed E-state index contributed by atoms with van der Waals surface area (Å²) in [6, 6.07) is 0. The summed E-state index contributed by atoms with van der Waals surface area (Å²) in [5.74, 6) is -4.30. The molecule has 0 aliphatic carbocycles. The minimum Gasteiger partial charge on any atom is -0.550 e. The van der Waals surface area contributed by atoms with E-state index in [0.29, 0.717) is 43.4 Å². The molecule has 0 rings (SSSR count). The molecule has 0 saturated heterocycles. The molecule has 0 spiro atoms. The van der Waals surface area contributed by atoms with Gasteiger partial charge in [-0.2, -0.15) is 0 Å². The van der Waals surface area contributed by atoms with Gasteiger partial charge in [-0.3, -0.25) is 9.59 Å². The highest BCUT2D eigenvalue weighted by atomic mass is 16.4. The lowest BCUT2D eigenvalue weighted by molar-refractivity contribution is -0.929. The Labute approximate surface area is 270 Å². The van der Waals surface area contributed by atoms with Crippen LogP contribution in [0.3, 0.4) is 0 Å². The summed E-state index contributed by atoms with van der Waals surface area (Å²) in [4.78, 5) is 34.4. The van der Waals surface area contributed by atoms with E-state index < -0.39 is 35.7 Å². The van der Waals surface area contributed by atoms with Gasteiger partial charge in [0.05, 0.1) is 38.0 Å². The van der Waals surface area contributed by atoms with Gasteiger partial charge in [0.1, 0.15) is 0 Å². The summed E-state index contributed by atoms with van der Waals surface area (Å²) >= 11 is 0. The fourth-order valence-corrected chi connectivity index (χ4v) is 5.91. The van der Waals surface area contributed by atoms with Crippen molar-refractivity contribution in [1.29, 1.82) is 0 Å². The number of nitrogens with zero attached hydrogens (tertiary/aromatic N) is 1. The summed E-state index contributed by atoms with van der Waals surface area (Å²) in [6.45, 7) is 9.92. The maximum atomic E-state index is 11.5. The fraction of sp³-hybridized carbons (Fsp3) is 0.865. The van der Waals surface area contributed by atoms with Crippen molar-refractivity contribution in [2.24, 2.45) is 17.8 Å². The standard InChI is InChI=1S/C37H69NO6/c1-5-6-7-8-9-10-11-12-13-14-15-16-17-18-19-20-21-22-23-24-28-38(29-25-32(2)35(39)40,30-26-33(3)36(41)42)31-27-34(4)37(43)44/h6-7,32-34H,5,8-31H2,1-4H3,(H2-,39,40,41,42,43,44)/b7-6+. The van der Waals surface area contributed by atoms with E-state index in [1.807, 2.05) is 0 Å². The first kappa shape index (κ1) is 42.1. The Morgan fingerprint density at radius 3 is 1.23 bits per heavy atom. The minimum absolute atomic E-state index is 0.447. The summed E-state index contributed by atoms with van der Waals surface area (Å²) in [5, 5.41) is 30.3. The molecule has 0 aromatic heterocycles. The van der Waals surface area contributed by atoms with Crippen molar-refractivity contribution in [2.75, 3.05) is 26.2 Å². The largest absolute Gasteiger partial charge is 0.550 e. The van der Waals surface area contributed by atoms with Crippen LogP contribution < -0.4 is 5.11 Å². The predicted octanol–water partition coefficient (Wildman–Crippen LogP) is 8.40. The summed E-state index contributed by atoms with van der Waals surface area (Å²) in [5.41, 5.74) is 0. The highest BCUT2D eigenvalue weighted by Crippen LogP contribution is 2.22. The first-order valence-corrected chi connectivity index (χ1v) is 18.2. The Balaban J connectivity index is 4.36. The molecule has 0 fully saturated rings. The van der Waals surface area contributed by atoms with Crippen LogP contribution >= 0.6 is 0 Å². The topological polar surface area (TPSA) is 115 Å². The maximum Gasteiger partial charge on any atom is 0.306 e. The lowest BCUT2D eigenvalue weighted by Crippen LogP contribution is -2.52. The first-order valence-electron chi connectivity index (χ1n) is 18.2. The SMILES string of the molecule is CC/C=C/CCCCCCCCCCCCCCCCCC[N+](CCC(C)C(=O)[O-])(CCC(C)C(=O)O)CCC(C)C(=O)O. The van der Waals surface area contributed by atoms with Gasteiger partial charge in [-0.05, 0) is 32.1 Å². The molecule has 0 aromatic rings. The predicted molar refractivity (Wildman–Crippen MR) is 179 cm³/mol. The smallest absolute Gasteiger partial charge is 0.306 e. The molecule has 7 nitrogen and oxygen atoms in total. The quantitative estimate of drug-likeness (QED) is 0.0442. The average molecular weight is 624 g/mol. The second kappa shape index (κ2) is 27.4. The zero-order valence-corrected chi connectivity index (χ0v) is 29.0. The van der Waals surface area contributed by atoms with Crippen LogP contribution in [0.2, 0.25) is 0 Å². The normalized spacial score (nSPS) is 15.2. The van der Waals surface area contributed by atoms with Crippen LogP contribution in [-0.2, 0) is 14.4 Å². The fourth-order valence-electron chi connectivity index (χ4n) is 5.91. The molecule has 3 unspecified atom stereocenters. The molecule has 3 atom stereocenters. The van der Waals surface area contributed by atoms with Crippen molar-refractivity contribution in [1.82, 2.24) is 0 Å². The third-order valence-corrected chi connectivity index (χ3v) is 9.51. The van der Waals surface area contributed by atoms with Gasteiger partial charge in [0.2, 0.25) is 0 Å². The Kier molecular flexibility index (Phi) is 26.2. The van der Waals surface area contributed by atoms with E-state index in [1.165, 1.54) is 96.3 Å². The highest BCUT2D eigenvalue weighted by molar-refractivity contribution is 5.69. The van der Waals surface area contributed by atoms with Gasteiger partial charge in [-0.15, -0.1) is 0 Å². The zero-order valence-electron chi connectivity index (χ0n) is 29.0. The van der Waals surface area contributed by atoms with Crippen LogP contribution in [0, 0.1) is 17.8 Å². The molecule has 0 aliphatic heterocycles. The number of aliphatic carboxylic acids is 3. The number of carboxylic acid groups (broad SMARTS) is 3. The van der Waals surface area contributed by atoms with Crippen molar-refractivity contribution in [3.8, 4) is 0 Å². The second-order valence-corrected chi connectivity index (χ2v) is 13.6. The van der Waals surface area contributed by atoms with Crippen LogP contribution in [0.1, 0.15) is 163 Å². The maximum absolute atomic E-state index is 11.5. The van der Waals surface area contributed by atoms with Gasteiger partial charge in [-0.1, -0.05) is 123 Å². The van der Waals surface area contributed by atoms with E-state index in [2.05, 4.69) is 19.1 Å². The summed E-state index contributed by atoms with van der Waals surface area (Å²) < 4.78 is 0.587. The third kappa shape index (κ3) is 23.5. The Hall–Kier alpha value is -1.89. The van der Waals surface area contributed by atoms with Crippen LogP contribution in [0.4, 0.5) is 0 Å². The van der Waals surface area contributed by atoms with E-state index in [0.717, 1.165) is 25.8 Å². The Bertz CT molecular complexity index is 707. The lowest BCUT2D eigenvalue weighted by atomic mass is 10.0. The zero-order chi connectivity index (χ0) is 33.1. The number of carbonyl (C=O) groups is 3. The van der Waals surface area contributed by atoms with E-state index in [-0.39, 0.29) is 0 Å². The number of quaternary nitrogens is 1. The number of hydrogen-bond donors (Lipinski definition) is 2. The molecule has 44 heavy (non-hydrogen) atoms. The van der Waals surface area contributed by atoms with Crippen molar-refractivity contribution in [2.45, 2.75) is 163 Å². The second-order valence-electron chi connectivity index (χ2n) is 13.6. The van der Waals surface area contributed by atoms with Gasteiger partial charge >= 0.3 is 11.9 Å². The molecular formula is C37H69NO6. The molecule has 0 amide bonds. The number of rotatable bonds is 32. The van der Waals surface area contributed by atoms with Crippen LogP contribution in [0.15, 0.2) is 12.2 Å². The van der Waals surface area contributed by atoms with Gasteiger partial charge in [0, 0.05) is 31.1 Å². The van der Waals surface area contributed by atoms with Crippen molar-refractivity contribution in [3.63, 3.8) is 0 Å². The van der Waals surface area contributed by atoms with Gasteiger partial charge in [-0.25, -0.2) is 0 Å². The summed E-state index contributed by atoms with van der Waals surface area (Å²) in [6.07, 6.45) is 29.1. The number of carbonyl (C=O) groups excluding carboxylic acids is 1. The molecule has 0 radical (unpaired) electrons. The van der Waals surface area contributed by atoms with Crippen molar-refractivity contribution >= 4 is 17.9 Å². The highest BCUT2D eigenvalue weighted by Gasteiger charge is 2.30.